The normalized spacial score (nSPS) is 11.8. The summed E-state index contributed by atoms with van der Waals surface area (Å²) in [5.41, 5.74) is 6.11. The Labute approximate surface area is 99.8 Å². The van der Waals surface area contributed by atoms with Crippen molar-refractivity contribution in [2.24, 2.45) is 5.73 Å². The average molecular weight is 227 g/mol. The molecule has 3 nitrogen and oxygen atoms in total. The van der Waals surface area contributed by atoms with Crippen LogP contribution in [-0.4, -0.2) is 5.91 Å². The van der Waals surface area contributed by atoms with Crippen LogP contribution in [0.25, 0.3) is 0 Å². The fourth-order valence-electron chi connectivity index (χ4n) is 1.55. The van der Waals surface area contributed by atoms with Crippen LogP contribution < -0.4 is 10.5 Å². The van der Waals surface area contributed by atoms with Gasteiger partial charge in [0.2, 0.25) is 6.10 Å². The number of benzene rings is 2. The molecule has 2 aromatic carbocycles. The van der Waals surface area contributed by atoms with Gasteiger partial charge in [-0.15, -0.1) is 0 Å². The third kappa shape index (κ3) is 2.84. The zero-order valence-electron chi connectivity index (χ0n) is 9.24. The lowest BCUT2D eigenvalue weighted by molar-refractivity contribution is -0.125. The molecule has 0 aromatic heterocycles. The largest absolute Gasteiger partial charge is 0.476 e. The molecule has 0 aliphatic carbocycles. The minimum Gasteiger partial charge on any atom is -0.476 e. The van der Waals surface area contributed by atoms with E-state index in [1.807, 2.05) is 48.5 Å². The number of nitrogens with two attached hydrogens (primary N) is 1. The highest BCUT2D eigenvalue weighted by molar-refractivity contribution is 5.80. The highest BCUT2D eigenvalue weighted by Crippen LogP contribution is 2.21. The lowest BCUT2D eigenvalue weighted by Crippen LogP contribution is -2.26. The number of carbonyl (C=O) groups excluding carboxylic acids is 1. The van der Waals surface area contributed by atoms with E-state index in [2.05, 4.69) is 0 Å². The summed E-state index contributed by atoms with van der Waals surface area (Å²) in [5.74, 6) is 0.125. The predicted octanol–water partition coefficient (Wildman–Crippen LogP) is 2.29. The fourth-order valence-corrected chi connectivity index (χ4v) is 1.55. The number of carbonyl (C=O) groups is 1. The first-order valence-electron chi connectivity index (χ1n) is 5.33. The molecule has 0 unspecified atom stereocenters. The number of hydrogen-bond donors (Lipinski definition) is 1. The van der Waals surface area contributed by atoms with Crippen LogP contribution in [0.5, 0.6) is 5.75 Å². The highest BCUT2D eigenvalue weighted by atomic mass is 16.5. The summed E-state index contributed by atoms with van der Waals surface area (Å²) >= 11 is 0. The monoisotopic (exact) mass is 227 g/mol. The van der Waals surface area contributed by atoms with Gasteiger partial charge in [-0.25, -0.2) is 0 Å². The lowest BCUT2D eigenvalue weighted by Gasteiger charge is -2.16. The molecule has 0 saturated carbocycles. The molecule has 0 fully saturated rings. The number of ether oxygens (including phenoxy) is 1. The van der Waals surface area contributed by atoms with Gasteiger partial charge in [0.15, 0.2) is 0 Å². The summed E-state index contributed by atoms with van der Waals surface area (Å²) < 4.78 is 5.59. The van der Waals surface area contributed by atoms with Crippen LogP contribution >= 0.6 is 0 Å². The quantitative estimate of drug-likeness (QED) is 0.871. The Kier molecular flexibility index (Phi) is 3.40. The maximum absolute atomic E-state index is 11.4. The van der Waals surface area contributed by atoms with Gasteiger partial charge in [0.05, 0.1) is 0 Å². The molecular weight excluding hydrogens is 214 g/mol. The molecule has 1 atom stereocenters. The first-order valence-corrected chi connectivity index (χ1v) is 5.33. The van der Waals surface area contributed by atoms with E-state index >= 15 is 0 Å². The summed E-state index contributed by atoms with van der Waals surface area (Å²) in [6.07, 6.45) is -0.751. The van der Waals surface area contributed by atoms with Crippen molar-refractivity contribution in [1.29, 1.82) is 0 Å². The predicted molar refractivity (Wildman–Crippen MR) is 65.4 cm³/mol. The molecule has 2 rings (SSSR count). The molecule has 0 aliphatic heterocycles. The van der Waals surface area contributed by atoms with Gasteiger partial charge in [-0.05, 0) is 12.1 Å². The van der Waals surface area contributed by atoms with Gasteiger partial charge in [0, 0.05) is 5.56 Å². The Morgan fingerprint density at radius 3 is 2.00 bits per heavy atom. The molecule has 1 amide bonds. The molecule has 0 radical (unpaired) electrons. The van der Waals surface area contributed by atoms with E-state index in [4.69, 9.17) is 10.5 Å². The van der Waals surface area contributed by atoms with Crippen LogP contribution in [0.1, 0.15) is 11.7 Å². The topological polar surface area (TPSA) is 52.3 Å². The SMILES string of the molecule is NC(=O)[C@H](Oc1ccccc1)c1ccccc1. The first kappa shape index (κ1) is 11.2. The Morgan fingerprint density at radius 1 is 0.941 bits per heavy atom. The second kappa shape index (κ2) is 5.16. The molecule has 0 bridgehead atoms. The number of amides is 1. The van der Waals surface area contributed by atoms with Crippen molar-refractivity contribution in [3.8, 4) is 5.75 Å². The van der Waals surface area contributed by atoms with Gasteiger partial charge >= 0.3 is 0 Å². The maximum atomic E-state index is 11.4. The molecular formula is C14H13NO2. The van der Waals surface area contributed by atoms with Crippen LogP contribution in [0.15, 0.2) is 60.7 Å². The number of rotatable bonds is 4. The van der Waals surface area contributed by atoms with Gasteiger partial charge < -0.3 is 10.5 Å². The second-order valence-electron chi connectivity index (χ2n) is 3.62. The van der Waals surface area contributed by atoms with E-state index in [1.54, 1.807) is 12.1 Å². The fraction of sp³-hybridized carbons (Fsp3) is 0.0714. The average Bonchev–Trinajstić information content (AvgIpc) is 2.38. The Morgan fingerprint density at radius 2 is 1.47 bits per heavy atom. The Hall–Kier alpha value is -2.29. The van der Waals surface area contributed by atoms with Crippen molar-refractivity contribution in [1.82, 2.24) is 0 Å². The molecule has 0 spiro atoms. The van der Waals surface area contributed by atoms with E-state index in [1.165, 1.54) is 0 Å². The van der Waals surface area contributed by atoms with E-state index in [0.29, 0.717) is 5.75 Å². The number of hydrogen-bond acceptors (Lipinski definition) is 2. The van der Waals surface area contributed by atoms with Crippen molar-refractivity contribution in [3.63, 3.8) is 0 Å². The van der Waals surface area contributed by atoms with E-state index in [-0.39, 0.29) is 0 Å². The molecule has 0 aliphatic rings. The minimum atomic E-state index is -0.751. The third-order valence-corrected chi connectivity index (χ3v) is 2.36. The van der Waals surface area contributed by atoms with Crippen molar-refractivity contribution in [3.05, 3.63) is 66.2 Å². The zero-order chi connectivity index (χ0) is 12.1. The van der Waals surface area contributed by atoms with Crippen molar-refractivity contribution in [2.75, 3.05) is 0 Å². The second-order valence-corrected chi connectivity index (χ2v) is 3.62. The molecule has 2 N–H and O–H groups in total. The summed E-state index contributed by atoms with van der Waals surface area (Å²) in [6, 6.07) is 18.4. The van der Waals surface area contributed by atoms with Gasteiger partial charge in [-0.3, -0.25) is 4.79 Å². The molecule has 17 heavy (non-hydrogen) atoms. The highest BCUT2D eigenvalue weighted by Gasteiger charge is 2.19. The smallest absolute Gasteiger partial charge is 0.263 e. The summed E-state index contributed by atoms with van der Waals surface area (Å²) in [4.78, 5) is 11.4. The molecule has 0 saturated heterocycles. The van der Waals surface area contributed by atoms with Gasteiger partial charge in [0.1, 0.15) is 5.75 Å². The summed E-state index contributed by atoms with van der Waals surface area (Å²) in [6.45, 7) is 0. The first-order chi connectivity index (χ1) is 8.27. The zero-order valence-corrected chi connectivity index (χ0v) is 9.24. The lowest BCUT2D eigenvalue weighted by atomic mass is 10.1. The van der Waals surface area contributed by atoms with Crippen LogP contribution in [-0.2, 0) is 4.79 Å². The summed E-state index contributed by atoms with van der Waals surface area (Å²) in [5, 5.41) is 0. The van der Waals surface area contributed by atoms with Crippen LogP contribution in [0.2, 0.25) is 0 Å². The van der Waals surface area contributed by atoms with E-state index in [9.17, 15) is 4.79 Å². The van der Waals surface area contributed by atoms with E-state index in [0.717, 1.165) is 5.56 Å². The minimum absolute atomic E-state index is 0.500. The van der Waals surface area contributed by atoms with Crippen molar-refractivity contribution >= 4 is 5.91 Å². The summed E-state index contributed by atoms with van der Waals surface area (Å²) in [7, 11) is 0. The van der Waals surface area contributed by atoms with E-state index < -0.39 is 12.0 Å². The molecule has 0 heterocycles. The van der Waals surface area contributed by atoms with Crippen LogP contribution in [0.4, 0.5) is 0 Å². The Bertz CT molecular complexity index is 482. The van der Waals surface area contributed by atoms with Crippen molar-refractivity contribution < 1.29 is 9.53 Å². The standard InChI is InChI=1S/C14H13NO2/c15-14(16)13(11-7-3-1-4-8-11)17-12-9-5-2-6-10-12/h1-10,13H,(H2,15,16)/t13-/m1/s1. The van der Waals surface area contributed by atoms with Crippen LogP contribution in [0.3, 0.4) is 0 Å². The molecule has 2 aromatic rings. The molecule has 86 valence electrons. The maximum Gasteiger partial charge on any atom is 0.263 e. The Balaban J connectivity index is 2.23. The number of para-hydroxylation sites is 1. The van der Waals surface area contributed by atoms with Crippen molar-refractivity contribution in [2.45, 2.75) is 6.10 Å². The molecule has 3 heteroatoms. The third-order valence-electron chi connectivity index (χ3n) is 2.36. The van der Waals surface area contributed by atoms with Gasteiger partial charge in [-0.1, -0.05) is 48.5 Å². The van der Waals surface area contributed by atoms with Crippen LogP contribution in [0, 0.1) is 0 Å². The van der Waals surface area contributed by atoms with Gasteiger partial charge in [0.25, 0.3) is 5.91 Å². The van der Waals surface area contributed by atoms with Gasteiger partial charge in [-0.2, -0.15) is 0 Å². The number of primary amides is 1.